The second kappa shape index (κ2) is 36.7. The van der Waals surface area contributed by atoms with E-state index in [1.54, 1.807) is 0 Å². The molecule has 4 aliphatic heterocycles. The monoisotopic (exact) mass is 1980 g/mol. The van der Waals surface area contributed by atoms with Crippen LogP contribution in [0.15, 0.2) is 531 Å². The number of anilines is 6. The smallest absolute Gasteiger partial charge is 0.172 e. The van der Waals surface area contributed by atoms with Gasteiger partial charge in [0.15, 0.2) is 28.6 Å². The van der Waals surface area contributed by atoms with Gasteiger partial charge in [-0.2, -0.15) is 0 Å². The molecule has 12 heteroatoms. The highest BCUT2D eigenvalue weighted by atomic mass is 79.9. The average Bonchev–Trinajstić information content (AvgIpc) is 0.690. The molecule has 666 valence electrons. The molecule has 0 amide bonds. The number of hydrogen-bond donors (Lipinski definition) is 0. The van der Waals surface area contributed by atoms with Crippen LogP contribution in [0.2, 0.25) is 0 Å². The molecule has 0 bridgehead atoms. The van der Waals surface area contributed by atoms with E-state index in [9.17, 15) is 9.13 Å². The maximum atomic E-state index is 17.5. The SMILES string of the molecule is CC.O=P1(c2ccccc2)c2ccc(Br)cc2P(=O)(c2ccccc2)c2ccc(Br)cc21.O=P1(c2ccccc2)c2ccc(N3c4ccccc4C(c4ccccc4)(c4ccccc4)c4ccccc43)cc2P(=O)(c2ccccc2)c2ccc(N3c4ccccc4C(c4ccccc4)(c4ccccc4)c4ccccc43)cc21.c1ccc(C2(c3ccccc3)c3ccccc3Cc3ccccc32)cc1. The Morgan fingerprint density at radius 3 is 0.630 bits per heavy atom. The number of fused-ring (bicyclic) bond motifs is 10. The molecule has 20 aromatic carbocycles. The van der Waals surface area contributed by atoms with Gasteiger partial charge in [0.25, 0.3) is 0 Å². The van der Waals surface area contributed by atoms with Crippen LogP contribution in [0, 0.1) is 0 Å². The molecule has 4 heterocycles. The fourth-order valence-corrected chi connectivity index (χ4v) is 38.2. The van der Waals surface area contributed by atoms with Crippen molar-refractivity contribution in [3.63, 3.8) is 0 Å². The Morgan fingerprint density at radius 1 is 0.196 bits per heavy atom. The van der Waals surface area contributed by atoms with Crippen molar-refractivity contribution in [2.75, 3.05) is 9.80 Å². The van der Waals surface area contributed by atoms with Crippen LogP contribution in [-0.2, 0) is 40.9 Å². The Kier molecular flexibility index (Phi) is 23.7. The highest BCUT2D eigenvalue weighted by Gasteiger charge is 2.54. The van der Waals surface area contributed by atoms with Crippen molar-refractivity contribution in [2.45, 2.75) is 36.5 Å². The summed E-state index contributed by atoms with van der Waals surface area (Å²) in [5.41, 5.74) is 21.5. The molecule has 0 spiro atoms. The number of para-hydroxylation sites is 4. The van der Waals surface area contributed by atoms with Crippen molar-refractivity contribution in [2.24, 2.45) is 0 Å². The summed E-state index contributed by atoms with van der Waals surface area (Å²) in [6, 6.07) is 180. The minimum absolute atomic E-state index is 0.270. The first kappa shape index (κ1) is 89.1. The van der Waals surface area contributed by atoms with Crippen LogP contribution in [-0.4, -0.2) is 0 Å². The van der Waals surface area contributed by atoms with Gasteiger partial charge in [-0.3, -0.25) is 0 Å². The first-order valence-corrected chi connectivity index (χ1v) is 55.3. The van der Waals surface area contributed by atoms with Crippen molar-refractivity contribution in [1.82, 2.24) is 0 Å². The highest BCUT2D eigenvalue weighted by molar-refractivity contribution is 9.10. The Labute approximate surface area is 824 Å². The number of rotatable bonds is 12. The van der Waals surface area contributed by atoms with Crippen LogP contribution >= 0.6 is 60.4 Å². The molecule has 138 heavy (non-hydrogen) atoms. The molecule has 1 aliphatic carbocycles. The molecule has 0 N–H and O–H groups in total. The van der Waals surface area contributed by atoms with Crippen molar-refractivity contribution >= 4 is 158 Å². The van der Waals surface area contributed by atoms with E-state index in [1.165, 1.54) is 33.4 Å². The van der Waals surface area contributed by atoms with Gasteiger partial charge in [-0.1, -0.05) is 470 Å². The summed E-state index contributed by atoms with van der Waals surface area (Å²) < 4.78 is 66.5. The topological polar surface area (TPSA) is 74.8 Å². The number of halogens is 2. The molecule has 25 rings (SSSR count). The zero-order chi connectivity index (χ0) is 93.8. The second-order valence-electron chi connectivity index (χ2n) is 35.1. The summed E-state index contributed by atoms with van der Waals surface area (Å²) in [5.74, 6) is 0. The molecular formula is C126H94Br2N2O4P4. The first-order valence-electron chi connectivity index (χ1n) is 46.9. The van der Waals surface area contributed by atoms with Gasteiger partial charge >= 0.3 is 0 Å². The van der Waals surface area contributed by atoms with Gasteiger partial charge in [-0.05, 0) is 181 Å². The average molecular weight is 1980 g/mol. The van der Waals surface area contributed by atoms with Crippen LogP contribution in [0.3, 0.4) is 0 Å². The van der Waals surface area contributed by atoms with Crippen molar-refractivity contribution in [1.29, 1.82) is 0 Å². The van der Waals surface area contributed by atoms with E-state index in [1.807, 2.05) is 184 Å². The lowest BCUT2D eigenvalue weighted by Gasteiger charge is -2.47. The van der Waals surface area contributed by atoms with Gasteiger partial charge in [0.1, 0.15) is 0 Å². The molecule has 0 aromatic heterocycles. The molecule has 0 radical (unpaired) electrons. The normalized spacial score (nSPS) is 17.9. The fourth-order valence-electron chi connectivity index (χ4n) is 22.5. The lowest BCUT2D eigenvalue weighted by Crippen LogP contribution is -2.49. The minimum Gasteiger partial charge on any atom is -0.310 e. The largest absolute Gasteiger partial charge is 0.310 e. The summed E-state index contributed by atoms with van der Waals surface area (Å²) in [6.07, 6.45) is 0.994. The predicted octanol–water partition coefficient (Wildman–Crippen LogP) is 27.4. The van der Waals surface area contributed by atoms with Crippen molar-refractivity contribution in [3.8, 4) is 0 Å². The quantitative estimate of drug-likeness (QED) is 0.114. The summed E-state index contributed by atoms with van der Waals surface area (Å²) in [6.45, 7) is 4.00. The maximum Gasteiger partial charge on any atom is 0.172 e. The van der Waals surface area contributed by atoms with Crippen LogP contribution < -0.4 is 73.5 Å². The van der Waals surface area contributed by atoms with Crippen LogP contribution in [0.4, 0.5) is 34.1 Å². The van der Waals surface area contributed by atoms with Crippen molar-refractivity contribution in [3.05, 3.63) is 609 Å². The van der Waals surface area contributed by atoms with Crippen LogP contribution in [0.1, 0.15) is 91.7 Å². The van der Waals surface area contributed by atoms with E-state index in [0.29, 0.717) is 53.0 Å². The van der Waals surface area contributed by atoms with Gasteiger partial charge in [0.2, 0.25) is 0 Å². The fraction of sp³-hybridized carbons (Fsp3) is 0.0476. The Bertz CT molecular complexity index is 7530. The minimum atomic E-state index is -3.82. The number of hydrogen-bond acceptors (Lipinski definition) is 6. The summed E-state index contributed by atoms with van der Waals surface area (Å²) in [5, 5.41) is 7.75. The molecule has 0 saturated carbocycles. The van der Waals surface area contributed by atoms with Gasteiger partial charge in [-0.15, -0.1) is 0 Å². The number of benzene rings is 20. The van der Waals surface area contributed by atoms with E-state index in [2.05, 4.69) is 394 Å². The van der Waals surface area contributed by atoms with Crippen molar-refractivity contribution < 1.29 is 18.3 Å². The van der Waals surface area contributed by atoms with Gasteiger partial charge in [0, 0.05) is 84.0 Å². The van der Waals surface area contributed by atoms with Crippen LogP contribution in [0.25, 0.3) is 0 Å². The van der Waals surface area contributed by atoms with E-state index in [0.717, 1.165) is 105 Å². The van der Waals surface area contributed by atoms with Gasteiger partial charge < -0.3 is 28.1 Å². The molecule has 0 saturated heterocycles. The van der Waals surface area contributed by atoms with E-state index in [-0.39, 0.29) is 5.41 Å². The van der Waals surface area contributed by atoms with Gasteiger partial charge in [0.05, 0.1) is 39.0 Å². The van der Waals surface area contributed by atoms with E-state index < -0.39 is 39.4 Å². The van der Waals surface area contributed by atoms with E-state index >= 15 is 9.13 Å². The summed E-state index contributed by atoms with van der Waals surface area (Å²) in [4.78, 5) is 4.65. The first-order chi connectivity index (χ1) is 67.8. The highest BCUT2D eigenvalue weighted by Crippen LogP contribution is 2.64. The zero-order valence-electron chi connectivity index (χ0n) is 75.9. The third kappa shape index (κ3) is 14.1. The maximum absolute atomic E-state index is 17.5. The zero-order valence-corrected chi connectivity index (χ0v) is 82.7. The lowest BCUT2D eigenvalue weighted by molar-refractivity contribution is 0.589. The molecule has 4 atom stereocenters. The molecule has 0 fully saturated rings. The molecule has 4 unspecified atom stereocenters. The Morgan fingerprint density at radius 2 is 0.384 bits per heavy atom. The van der Waals surface area contributed by atoms with E-state index in [4.69, 9.17) is 0 Å². The number of nitrogens with zero attached hydrogens (tertiary/aromatic N) is 2. The van der Waals surface area contributed by atoms with Gasteiger partial charge in [-0.25, -0.2) is 0 Å². The Hall–Kier alpha value is -14.1. The Balaban J connectivity index is 0.000000153. The standard InChI is InChI=1S/C74H52N2O2P2.C26H20.C24H16Br2O2P2.C2H6/c77-79(59-35-15-5-16-36-59)70-50-48-58(76-67-45-25-21-41-63(67)74(55-31-11-3-12-32-55,56-33-13-4-14-34-56)64-42-22-26-46-68(64)76)52-72(70)80(78,60-37-17-6-18-38-60)69-49-47-57(51-71(69)79)75-65-43-23-19-39-61(65)73(53-27-7-1-8-28-53,54-29-9-2-10-30-54)62-40-20-24-44-66(62)75;1-3-13-22(14-4-1)26(23-15-5-2-6-16-23)24-17-9-7-11-20(24)19-21-12-8-10-18-25(21)26;25-17-12-14-22-23(15-17)29(27,19-7-3-1-4-8-19)21-13-11-18(26)16-24(21)30(22,28)20-9-5-2-6-10-20;1-2/h1-52H;1-18H,19H2;1-16H;1-2H3. The second-order valence-corrected chi connectivity index (χ2v) is 47.7. The third-order valence-corrected chi connectivity index (χ3v) is 42.4. The summed E-state index contributed by atoms with van der Waals surface area (Å²) in [7, 11) is -14.1. The molecule has 6 nitrogen and oxygen atoms in total. The summed E-state index contributed by atoms with van der Waals surface area (Å²) >= 11 is 7.08. The van der Waals surface area contributed by atoms with Crippen LogP contribution in [0.5, 0.6) is 0 Å². The molecule has 20 aromatic rings. The predicted molar refractivity (Wildman–Crippen MR) is 585 cm³/mol. The molecular weight excluding hydrogens is 1890 g/mol. The lowest BCUT2D eigenvalue weighted by atomic mass is 9.60. The third-order valence-electron chi connectivity index (χ3n) is 28.2. The molecule has 5 aliphatic rings.